The number of alkyl halides is 4. The van der Waals surface area contributed by atoms with E-state index in [1.54, 1.807) is 0 Å². The molecule has 1 aliphatic rings. The number of halogens is 4. The maximum Gasteiger partial charge on any atom is 0.320 e. The van der Waals surface area contributed by atoms with Gasteiger partial charge in [0.25, 0.3) is 0 Å². The number of sulfonamides is 1. The van der Waals surface area contributed by atoms with Crippen LogP contribution in [0.5, 0.6) is 0 Å². The first-order chi connectivity index (χ1) is 7.26. The second-order valence-electron chi connectivity index (χ2n) is 3.54. The van der Waals surface area contributed by atoms with Crippen LogP contribution in [0, 0.1) is 0 Å². The van der Waals surface area contributed by atoms with E-state index in [0.717, 1.165) is 0 Å². The van der Waals surface area contributed by atoms with Gasteiger partial charge < -0.3 is 5.32 Å². The molecule has 0 saturated carbocycles. The molecule has 96 valence electrons. The highest BCUT2D eigenvalue weighted by atomic mass is 32.2. The van der Waals surface area contributed by atoms with Gasteiger partial charge in [-0.1, -0.05) is 0 Å². The lowest BCUT2D eigenvalue weighted by Crippen LogP contribution is -2.45. The smallest absolute Gasteiger partial charge is 0.315 e. The molecule has 0 aromatic carbocycles. The van der Waals surface area contributed by atoms with Gasteiger partial charge in [-0.2, -0.15) is 8.78 Å². The minimum atomic E-state index is -4.33. The summed E-state index contributed by atoms with van der Waals surface area (Å²) in [5.41, 5.74) is 0. The van der Waals surface area contributed by atoms with E-state index >= 15 is 0 Å². The largest absolute Gasteiger partial charge is 0.320 e. The highest BCUT2D eigenvalue weighted by Crippen LogP contribution is 2.22. The normalized spacial score (nSPS) is 22.9. The van der Waals surface area contributed by atoms with Gasteiger partial charge in [-0.05, 0) is 13.0 Å². The summed E-state index contributed by atoms with van der Waals surface area (Å²) >= 11 is 0. The van der Waals surface area contributed by atoms with Crippen LogP contribution in [-0.2, 0) is 10.0 Å². The highest BCUT2D eigenvalue weighted by Gasteiger charge is 2.42. The van der Waals surface area contributed by atoms with E-state index in [1.165, 1.54) is 4.72 Å². The van der Waals surface area contributed by atoms with Crippen LogP contribution >= 0.6 is 0 Å². The van der Waals surface area contributed by atoms with Crippen molar-refractivity contribution in [1.29, 1.82) is 0 Å². The molecule has 0 aromatic rings. The predicted molar refractivity (Wildman–Crippen MR) is 49.1 cm³/mol. The van der Waals surface area contributed by atoms with Gasteiger partial charge >= 0.3 is 12.3 Å². The molecule has 0 radical (unpaired) electrons. The van der Waals surface area contributed by atoms with E-state index in [2.05, 4.69) is 5.32 Å². The van der Waals surface area contributed by atoms with E-state index in [9.17, 15) is 26.0 Å². The van der Waals surface area contributed by atoms with Crippen LogP contribution in [0.2, 0.25) is 0 Å². The van der Waals surface area contributed by atoms with E-state index in [-0.39, 0.29) is 13.0 Å². The van der Waals surface area contributed by atoms with Crippen molar-refractivity contribution in [2.24, 2.45) is 0 Å². The molecular formula is C7H12F4N2O2S. The van der Waals surface area contributed by atoms with Gasteiger partial charge in [-0.3, -0.25) is 0 Å². The van der Waals surface area contributed by atoms with Crippen molar-refractivity contribution in [2.45, 2.75) is 24.0 Å². The van der Waals surface area contributed by atoms with Crippen LogP contribution in [0.3, 0.4) is 0 Å². The Morgan fingerprint density at radius 2 is 2.06 bits per heavy atom. The predicted octanol–water partition coefficient (Wildman–Crippen LogP) is 0.168. The molecule has 0 bridgehead atoms. The second-order valence-corrected chi connectivity index (χ2v) is 5.59. The summed E-state index contributed by atoms with van der Waals surface area (Å²) in [6, 6.07) is 0. The molecule has 1 atom stereocenters. The van der Waals surface area contributed by atoms with Gasteiger partial charge in [-0.25, -0.2) is 21.9 Å². The Bertz CT molecular complexity index is 327. The first kappa shape index (κ1) is 13.7. The molecular weight excluding hydrogens is 252 g/mol. The maximum absolute atomic E-state index is 12.5. The molecule has 16 heavy (non-hydrogen) atoms. The minimum absolute atomic E-state index is 0.148. The quantitative estimate of drug-likeness (QED) is 0.696. The zero-order valence-corrected chi connectivity index (χ0v) is 9.04. The molecule has 1 saturated heterocycles. The van der Waals surface area contributed by atoms with Crippen LogP contribution in [0.4, 0.5) is 17.6 Å². The molecule has 9 heteroatoms. The van der Waals surface area contributed by atoms with Crippen molar-refractivity contribution in [3.63, 3.8) is 0 Å². The average Bonchev–Trinajstić information content (AvgIpc) is 2.68. The maximum atomic E-state index is 12.5. The van der Waals surface area contributed by atoms with Crippen LogP contribution in [0.1, 0.15) is 6.42 Å². The lowest BCUT2D eigenvalue weighted by atomic mass is 10.4. The second kappa shape index (κ2) is 4.84. The van der Waals surface area contributed by atoms with Crippen molar-refractivity contribution < 1.29 is 26.0 Å². The lowest BCUT2D eigenvalue weighted by Gasteiger charge is -2.17. The van der Waals surface area contributed by atoms with Crippen molar-refractivity contribution in [1.82, 2.24) is 10.0 Å². The number of rotatable bonds is 5. The molecule has 0 aromatic heterocycles. The zero-order valence-electron chi connectivity index (χ0n) is 8.22. The zero-order chi connectivity index (χ0) is 12.4. The molecule has 0 amide bonds. The number of hydrogen-bond acceptors (Lipinski definition) is 3. The summed E-state index contributed by atoms with van der Waals surface area (Å²) in [4.78, 5) is 0. The SMILES string of the molecule is O=S(=O)(NCC(F)(F)C(F)F)C1CCNC1. The highest BCUT2D eigenvalue weighted by molar-refractivity contribution is 7.90. The summed E-state index contributed by atoms with van der Waals surface area (Å²) in [6.07, 6.45) is -3.59. The van der Waals surface area contributed by atoms with E-state index < -0.39 is 34.2 Å². The Hall–Kier alpha value is -0.410. The Balaban J connectivity index is 2.54. The third-order valence-corrected chi connectivity index (χ3v) is 4.11. The van der Waals surface area contributed by atoms with Crippen LogP contribution in [-0.4, -0.2) is 45.6 Å². The van der Waals surface area contributed by atoms with Crippen molar-refractivity contribution in [3.8, 4) is 0 Å². The van der Waals surface area contributed by atoms with Gasteiger partial charge in [0.15, 0.2) is 0 Å². The van der Waals surface area contributed by atoms with Gasteiger partial charge in [0, 0.05) is 6.54 Å². The van der Waals surface area contributed by atoms with Crippen molar-refractivity contribution in [2.75, 3.05) is 19.6 Å². The van der Waals surface area contributed by atoms with Crippen molar-refractivity contribution in [3.05, 3.63) is 0 Å². The average molecular weight is 264 g/mol. The number of nitrogens with one attached hydrogen (secondary N) is 2. The molecule has 1 unspecified atom stereocenters. The first-order valence-electron chi connectivity index (χ1n) is 4.61. The Kier molecular flexibility index (Phi) is 4.13. The van der Waals surface area contributed by atoms with Crippen LogP contribution in [0.15, 0.2) is 0 Å². The van der Waals surface area contributed by atoms with E-state index in [4.69, 9.17) is 0 Å². The summed E-state index contributed by atoms with van der Waals surface area (Å²) in [7, 11) is -3.95. The van der Waals surface area contributed by atoms with Gasteiger partial charge in [-0.15, -0.1) is 0 Å². The molecule has 1 heterocycles. The van der Waals surface area contributed by atoms with Gasteiger partial charge in [0.2, 0.25) is 10.0 Å². The molecule has 1 fully saturated rings. The van der Waals surface area contributed by atoms with Crippen LogP contribution < -0.4 is 10.0 Å². The summed E-state index contributed by atoms with van der Waals surface area (Å²) in [6.45, 7) is -0.949. The molecule has 0 spiro atoms. The Morgan fingerprint density at radius 1 is 1.44 bits per heavy atom. The monoisotopic (exact) mass is 264 g/mol. The first-order valence-corrected chi connectivity index (χ1v) is 6.15. The third-order valence-electron chi connectivity index (χ3n) is 2.28. The molecule has 0 aliphatic carbocycles. The molecule has 1 aliphatic heterocycles. The Labute approximate surface area is 90.4 Å². The fourth-order valence-electron chi connectivity index (χ4n) is 1.28. The fraction of sp³-hybridized carbons (Fsp3) is 1.00. The summed E-state index contributed by atoms with van der Waals surface area (Å²) in [5.74, 6) is -4.33. The van der Waals surface area contributed by atoms with Crippen LogP contribution in [0.25, 0.3) is 0 Å². The number of hydrogen-bond donors (Lipinski definition) is 2. The molecule has 2 N–H and O–H groups in total. The van der Waals surface area contributed by atoms with Gasteiger partial charge in [0.05, 0.1) is 11.8 Å². The summed E-state index contributed by atoms with van der Waals surface area (Å²) < 4.78 is 72.7. The Morgan fingerprint density at radius 3 is 2.50 bits per heavy atom. The topological polar surface area (TPSA) is 58.2 Å². The minimum Gasteiger partial charge on any atom is -0.315 e. The summed E-state index contributed by atoms with van der Waals surface area (Å²) in [5, 5.41) is 1.91. The standard InChI is InChI=1S/C7H12F4N2O2S/c8-6(9)7(10,11)4-13-16(14,15)5-1-2-12-3-5/h5-6,12-13H,1-4H2. The van der Waals surface area contributed by atoms with Crippen molar-refractivity contribution >= 4 is 10.0 Å². The third kappa shape index (κ3) is 3.29. The van der Waals surface area contributed by atoms with Gasteiger partial charge in [0.1, 0.15) is 0 Å². The van der Waals surface area contributed by atoms with E-state index in [0.29, 0.717) is 6.54 Å². The molecule has 1 rings (SSSR count). The lowest BCUT2D eigenvalue weighted by molar-refractivity contribution is -0.122. The molecule has 4 nitrogen and oxygen atoms in total. The van der Waals surface area contributed by atoms with E-state index in [1.807, 2.05) is 0 Å². The fourth-order valence-corrected chi connectivity index (χ4v) is 2.68.